The Labute approximate surface area is 135 Å². The summed E-state index contributed by atoms with van der Waals surface area (Å²) in [5.74, 6) is 0.482. The molecule has 2 fully saturated rings. The molecule has 1 aliphatic heterocycles. The molecule has 21 heavy (non-hydrogen) atoms. The summed E-state index contributed by atoms with van der Waals surface area (Å²) in [6, 6.07) is 8.58. The zero-order valence-corrected chi connectivity index (χ0v) is 14.2. The second-order valence-electron chi connectivity index (χ2n) is 6.52. The van der Waals surface area contributed by atoms with Crippen molar-refractivity contribution in [3.63, 3.8) is 0 Å². The summed E-state index contributed by atoms with van der Waals surface area (Å²) >= 11 is 3.49. The molecule has 4 heteroatoms. The lowest BCUT2D eigenvalue weighted by Crippen LogP contribution is -2.43. The maximum atomic E-state index is 12.6. The molecule has 1 saturated carbocycles. The van der Waals surface area contributed by atoms with Crippen LogP contribution < -0.4 is 5.32 Å². The summed E-state index contributed by atoms with van der Waals surface area (Å²) in [6.07, 6.45) is 4.52. The number of benzene rings is 1. The van der Waals surface area contributed by atoms with Crippen molar-refractivity contribution in [1.29, 1.82) is 0 Å². The van der Waals surface area contributed by atoms with E-state index >= 15 is 0 Å². The average molecular weight is 351 g/mol. The number of nitrogens with zero attached hydrogens (tertiary/aromatic N) is 1. The first-order valence-corrected chi connectivity index (χ1v) is 8.62. The molecular formula is C17H23BrN2O. The van der Waals surface area contributed by atoms with Gasteiger partial charge in [0.15, 0.2) is 0 Å². The Morgan fingerprint density at radius 3 is 2.67 bits per heavy atom. The molecule has 3 nitrogen and oxygen atoms in total. The van der Waals surface area contributed by atoms with Crippen molar-refractivity contribution < 1.29 is 4.79 Å². The van der Waals surface area contributed by atoms with Gasteiger partial charge in [-0.3, -0.25) is 4.79 Å². The monoisotopic (exact) mass is 350 g/mol. The Bertz CT molecular complexity index is 504. The third kappa shape index (κ3) is 3.32. The predicted molar refractivity (Wildman–Crippen MR) is 88.3 cm³/mol. The van der Waals surface area contributed by atoms with Crippen LogP contribution in [0.3, 0.4) is 0 Å². The number of piperidine rings is 1. The molecule has 1 unspecified atom stereocenters. The van der Waals surface area contributed by atoms with Crippen LogP contribution in [0.25, 0.3) is 0 Å². The lowest BCUT2D eigenvalue weighted by Gasteiger charge is -2.30. The number of hydrogen-bond acceptors (Lipinski definition) is 2. The first-order chi connectivity index (χ1) is 10.1. The number of hydrogen-bond donors (Lipinski definition) is 1. The van der Waals surface area contributed by atoms with Gasteiger partial charge in [-0.25, -0.2) is 0 Å². The molecular weight excluding hydrogens is 328 g/mol. The van der Waals surface area contributed by atoms with Gasteiger partial charge in [-0.15, -0.1) is 0 Å². The summed E-state index contributed by atoms with van der Waals surface area (Å²) < 4.78 is 1.11. The molecule has 1 aliphatic carbocycles. The van der Waals surface area contributed by atoms with Crippen molar-refractivity contribution in [3.8, 4) is 0 Å². The molecule has 0 bridgehead atoms. The van der Waals surface area contributed by atoms with E-state index in [1.807, 2.05) is 11.9 Å². The fourth-order valence-corrected chi connectivity index (χ4v) is 3.66. The number of amides is 1. The summed E-state index contributed by atoms with van der Waals surface area (Å²) in [4.78, 5) is 14.5. The van der Waals surface area contributed by atoms with Crippen molar-refractivity contribution in [3.05, 3.63) is 34.3 Å². The van der Waals surface area contributed by atoms with Gasteiger partial charge in [-0.1, -0.05) is 28.1 Å². The summed E-state index contributed by atoms with van der Waals surface area (Å²) in [5, 5.41) is 3.33. The van der Waals surface area contributed by atoms with Crippen LogP contribution >= 0.6 is 15.9 Å². The maximum Gasteiger partial charge on any atom is 0.226 e. The van der Waals surface area contributed by atoms with Gasteiger partial charge in [-0.2, -0.15) is 0 Å². The van der Waals surface area contributed by atoms with Crippen LogP contribution in [0, 0.1) is 5.92 Å². The molecule has 114 valence electrons. The Hall–Kier alpha value is -0.870. The first kappa shape index (κ1) is 15.0. The van der Waals surface area contributed by atoms with E-state index in [0.29, 0.717) is 5.91 Å². The van der Waals surface area contributed by atoms with Gasteiger partial charge >= 0.3 is 0 Å². The standard InChI is InChI=1S/C17H23BrN2O/c1-20(16(21)13-3-2-10-19-11-13)12-17(8-9-17)14-4-6-15(18)7-5-14/h4-7,13,19H,2-3,8-12H2,1H3. The van der Waals surface area contributed by atoms with E-state index in [1.165, 1.54) is 18.4 Å². The summed E-state index contributed by atoms with van der Waals surface area (Å²) in [6.45, 7) is 2.74. The molecule has 0 spiro atoms. The maximum absolute atomic E-state index is 12.6. The largest absolute Gasteiger partial charge is 0.345 e. The lowest BCUT2D eigenvalue weighted by molar-refractivity contribution is -0.135. The van der Waals surface area contributed by atoms with E-state index in [9.17, 15) is 4.79 Å². The van der Waals surface area contributed by atoms with E-state index in [-0.39, 0.29) is 11.3 Å². The van der Waals surface area contributed by atoms with Gasteiger partial charge in [0, 0.05) is 30.0 Å². The van der Waals surface area contributed by atoms with Crippen LogP contribution in [0.2, 0.25) is 0 Å². The topological polar surface area (TPSA) is 32.3 Å². The Kier molecular flexibility index (Phi) is 4.36. The minimum Gasteiger partial charge on any atom is -0.345 e. The van der Waals surface area contributed by atoms with E-state index in [4.69, 9.17) is 0 Å². The number of likely N-dealkylation sites (N-methyl/N-ethyl adjacent to an activating group) is 1. The van der Waals surface area contributed by atoms with Crippen molar-refractivity contribution in [2.24, 2.45) is 5.92 Å². The van der Waals surface area contributed by atoms with Gasteiger partial charge in [-0.05, 0) is 49.9 Å². The normalized spacial score (nSPS) is 23.6. The average Bonchev–Trinajstić information content (AvgIpc) is 3.28. The molecule has 1 aromatic rings. The minimum atomic E-state index is 0.171. The van der Waals surface area contributed by atoms with Crippen LogP contribution in [-0.2, 0) is 10.2 Å². The zero-order valence-electron chi connectivity index (χ0n) is 12.6. The fraction of sp³-hybridized carbons (Fsp3) is 0.588. The number of halogens is 1. The van der Waals surface area contributed by atoms with Gasteiger partial charge in [0.25, 0.3) is 0 Å². The molecule has 2 aliphatic rings. The number of carbonyl (C=O) groups is 1. The third-order valence-electron chi connectivity index (χ3n) is 4.87. The molecule has 1 atom stereocenters. The van der Waals surface area contributed by atoms with Gasteiger partial charge < -0.3 is 10.2 Å². The van der Waals surface area contributed by atoms with Crippen molar-refractivity contribution >= 4 is 21.8 Å². The van der Waals surface area contributed by atoms with Crippen molar-refractivity contribution in [1.82, 2.24) is 10.2 Å². The van der Waals surface area contributed by atoms with Crippen LogP contribution in [0.5, 0.6) is 0 Å². The Balaban J connectivity index is 1.65. The highest BCUT2D eigenvalue weighted by Crippen LogP contribution is 2.48. The smallest absolute Gasteiger partial charge is 0.226 e. The predicted octanol–water partition coefficient (Wildman–Crippen LogP) is 2.94. The third-order valence-corrected chi connectivity index (χ3v) is 5.40. The minimum absolute atomic E-state index is 0.171. The number of rotatable bonds is 4. The van der Waals surface area contributed by atoms with Gasteiger partial charge in [0.05, 0.1) is 5.92 Å². The highest BCUT2D eigenvalue weighted by atomic mass is 79.9. The second-order valence-corrected chi connectivity index (χ2v) is 7.44. The van der Waals surface area contributed by atoms with Crippen LogP contribution in [0.15, 0.2) is 28.7 Å². The van der Waals surface area contributed by atoms with Crippen molar-refractivity contribution in [2.75, 3.05) is 26.7 Å². The number of carbonyl (C=O) groups excluding carboxylic acids is 1. The Morgan fingerprint density at radius 2 is 2.10 bits per heavy atom. The van der Waals surface area contributed by atoms with E-state index in [0.717, 1.165) is 36.9 Å². The first-order valence-electron chi connectivity index (χ1n) is 7.82. The fourth-order valence-electron chi connectivity index (χ4n) is 3.40. The highest BCUT2D eigenvalue weighted by Gasteiger charge is 2.46. The van der Waals surface area contributed by atoms with E-state index < -0.39 is 0 Å². The van der Waals surface area contributed by atoms with E-state index in [2.05, 4.69) is 45.5 Å². The number of nitrogens with one attached hydrogen (secondary N) is 1. The van der Waals surface area contributed by atoms with Crippen LogP contribution in [0.4, 0.5) is 0 Å². The molecule has 1 saturated heterocycles. The summed E-state index contributed by atoms with van der Waals surface area (Å²) in [7, 11) is 1.97. The molecule has 1 amide bonds. The molecule has 0 radical (unpaired) electrons. The second kappa shape index (κ2) is 6.09. The van der Waals surface area contributed by atoms with Gasteiger partial charge in [0.2, 0.25) is 5.91 Å². The summed E-state index contributed by atoms with van der Waals surface area (Å²) in [5.41, 5.74) is 1.57. The molecule has 0 aromatic heterocycles. The molecule has 1 heterocycles. The molecule has 1 N–H and O–H groups in total. The van der Waals surface area contributed by atoms with Crippen molar-refractivity contribution in [2.45, 2.75) is 31.1 Å². The van der Waals surface area contributed by atoms with Gasteiger partial charge in [0.1, 0.15) is 0 Å². The van der Waals surface area contributed by atoms with Crippen LogP contribution in [-0.4, -0.2) is 37.5 Å². The molecule has 3 rings (SSSR count). The zero-order chi connectivity index (χ0) is 14.9. The van der Waals surface area contributed by atoms with Crippen LogP contribution in [0.1, 0.15) is 31.2 Å². The quantitative estimate of drug-likeness (QED) is 0.905. The van der Waals surface area contributed by atoms with E-state index in [1.54, 1.807) is 0 Å². The molecule has 1 aromatic carbocycles. The Morgan fingerprint density at radius 1 is 1.38 bits per heavy atom. The highest BCUT2D eigenvalue weighted by molar-refractivity contribution is 9.10. The lowest BCUT2D eigenvalue weighted by atomic mass is 9.93. The SMILES string of the molecule is CN(CC1(c2ccc(Br)cc2)CC1)C(=O)C1CCCNC1.